The predicted molar refractivity (Wildman–Crippen MR) is 200 cm³/mol. The molecular formula is C37H66N8O8. The van der Waals surface area contributed by atoms with Crippen molar-refractivity contribution in [2.75, 3.05) is 47.3 Å². The van der Waals surface area contributed by atoms with Gasteiger partial charge in [-0.05, 0) is 58.0 Å². The highest BCUT2D eigenvalue weighted by atomic mass is 16.5. The van der Waals surface area contributed by atoms with Crippen molar-refractivity contribution >= 4 is 41.4 Å². The van der Waals surface area contributed by atoms with E-state index in [2.05, 4.69) is 33.5 Å². The molecule has 1 saturated carbocycles. The molecule has 1 saturated heterocycles. The molecule has 0 aromatic carbocycles. The molecule has 1 aliphatic carbocycles. The highest BCUT2D eigenvalue weighted by Crippen LogP contribution is 2.28. The van der Waals surface area contributed by atoms with Crippen LogP contribution >= 0.6 is 0 Å². The second kappa shape index (κ2) is 23.1. The number of carbonyl (C=O) groups is 7. The maximum absolute atomic E-state index is 14.2. The zero-order valence-corrected chi connectivity index (χ0v) is 33.0. The van der Waals surface area contributed by atoms with Gasteiger partial charge >= 0.3 is 5.97 Å². The van der Waals surface area contributed by atoms with Gasteiger partial charge in [0.1, 0.15) is 36.8 Å². The first-order chi connectivity index (χ1) is 25.1. The van der Waals surface area contributed by atoms with Crippen molar-refractivity contribution in [1.29, 1.82) is 0 Å². The van der Waals surface area contributed by atoms with Gasteiger partial charge in [-0.2, -0.15) is 0 Å². The van der Waals surface area contributed by atoms with Crippen LogP contribution in [0.4, 0.5) is 0 Å². The van der Waals surface area contributed by atoms with Crippen LogP contribution in [-0.2, 0) is 38.3 Å². The standard InChI is InChI=1S/C37H66N8O8/c1-8-9-10-14-17-29-24(4)37(52)45(7)28(18-23(2)3)35(50)43-32(25-15-12-11-13-16-25)36(51)41-26(19-38)34(49)42-27(20-39-30(46)22-44(5)6)33(48)40-21-31(47)53-29/h23-29,32H,8-22,38H2,1-7H3,(H,39,46)(H,40,48)(H,41,51)(H,42,49)(H,43,50)/t24-,26+,27+,28+,29-,32+/m1/s1. The normalized spacial score (nSPS) is 26.5. The van der Waals surface area contributed by atoms with Gasteiger partial charge in [0.05, 0.1) is 12.5 Å². The zero-order valence-electron chi connectivity index (χ0n) is 33.0. The Bertz CT molecular complexity index is 1240. The molecule has 302 valence electrons. The van der Waals surface area contributed by atoms with Gasteiger partial charge in [-0.3, -0.25) is 33.6 Å². The molecule has 2 fully saturated rings. The second-order valence-corrected chi connectivity index (χ2v) is 15.3. The average molecular weight is 751 g/mol. The van der Waals surface area contributed by atoms with Crippen molar-refractivity contribution in [3.63, 3.8) is 0 Å². The molecule has 7 N–H and O–H groups in total. The van der Waals surface area contributed by atoms with Gasteiger partial charge in [-0.15, -0.1) is 0 Å². The van der Waals surface area contributed by atoms with Crippen LogP contribution in [0.5, 0.6) is 0 Å². The number of hydrogen-bond acceptors (Lipinski definition) is 10. The lowest BCUT2D eigenvalue weighted by Gasteiger charge is -2.36. The molecule has 2 rings (SSSR count). The molecular weight excluding hydrogens is 684 g/mol. The minimum absolute atomic E-state index is 0.0112. The van der Waals surface area contributed by atoms with Gasteiger partial charge in [0, 0.05) is 20.1 Å². The average Bonchev–Trinajstić information content (AvgIpc) is 3.12. The van der Waals surface area contributed by atoms with Gasteiger partial charge in [-0.25, -0.2) is 0 Å². The molecule has 0 aromatic rings. The molecule has 0 radical (unpaired) electrons. The highest BCUT2D eigenvalue weighted by molar-refractivity contribution is 5.96. The Hall–Kier alpha value is -3.79. The molecule has 0 bridgehead atoms. The molecule has 6 atom stereocenters. The Balaban J connectivity index is 2.57. The molecule has 0 aromatic heterocycles. The molecule has 0 unspecified atom stereocenters. The summed E-state index contributed by atoms with van der Waals surface area (Å²) in [5.74, 6) is -5.32. The number of unbranched alkanes of at least 4 members (excludes halogenated alkanes) is 3. The van der Waals surface area contributed by atoms with E-state index in [0.717, 1.165) is 38.5 Å². The van der Waals surface area contributed by atoms with Gasteiger partial charge in [-0.1, -0.05) is 66.2 Å². The molecule has 16 heteroatoms. The number of hydrogen-bond donors (Lipinski definition) is 6. The minimum atomic E-state index is -1.35. The Morgan fingerprint density at radius 1 is 0.925 bits per heavy atom. The molecule has 6 amide bonds. The number of likely N-dealkylation sites (N-methyl/N-ethyl adjacent to an activating group) is 2. The van der Waals surface area contributed by atoms with E-state index in [1.54, 1.807) is 33.0 Å². The first kappa shape index (κ1) is 45.4. The van der Waals surface area contributed by atoms with Gasteiger partial charge in [0.25, 0.3) is 0 Å². The third-order valence-electron chi connectivity index (χ3n) is 9.96. The van der Waals surface area contributed by atoms with Crippen LogP contribution in [0.25, 0.3) is 0 Å². The summed E-state index contributed by atoms with van der Waals surface area (Å²) in [7, 11) is 4.94. The fourth-order valence-corrected chi connectivity index (χ4v) is 6.85. The number of carbonyl (C=O) groups excluding carboxylic acids is 7. The summed E-state index contributed by atoms with van der Waals surface area (Å²) in [4.78, 5) is 97.9. The maximum atomic E-state index is 14.2. The number of amides is 6. The molecule has 2 aliphatic rings. The molecule has 1 aliphatic heterocycles. The van der Waals surface area contributed by atoms with Crippen LogP contribution in [0.2, 0.25) is 0 Å². The van der Waals surface area contributed by atoms with Gasteiger partial charge < -0.3 is 46.9 Å². The van der Waals surface area contributed by atoms with E-state index in [1.165, 1.54) is 4.90 Å². The smallest absolute Gasteiger partial charge is 0.325 e. The lowest BCUT2D eigenvalue weighted by Crippen LogP contribution is -2.62. The Kier molecular flexibility index (Phi) is 19.8. The van der Waals surface area contributed by atoms with Crippen molar-refractivity contribution in [2.24, 2.45) is 23.5 Å². The topological polar surface area (TPSA) is 221 Å². The second-order valence-electron chi connectivity index (χ2n) is 15.3. The van der Waals surface area contributed by atoms with Crippen LogP contribution in [0.1, 0.15) is 98.3 Å². The first-order valence-electron chi connectivity index (χ1n) is 19.4. The fraction of sp³-hybridized carbons (Fsp3) is 0.811. The number of nitrogens with two attached hydrogens (primary N) is 1. The number of ether oxygens (including phenoxy) is 1. The van der Waals surface area contributed by atoms with Crippen LogP contribution < -0.4 is 32.3 Å². The quantitative estimate of drug-likeness (QED) is 0.111. The van der Waals surface area contributed by atoms with Gasteiger partial charge in [0.15, 0.2) is 0 Å². The van der Waals surface area contributed by atoms with Crippen molar-refractivity contribution in [3.8, 4) is 0 Å². The predicted octanol–water partition coefficient (Wildman–Crippen LogP) is 0.179. The van der Waals surface area contributed by atoms with E-state index < -0.39 is 84.1 Å². The van der Waals surface area contributed by atoms with Crippen LogP contribution in [0, 0.1) is 17.8 Å². The highest BCUT2D eigenvalue weighted by Gasteiger charge is 2.39. The van der Waals surface area contributed by atoms with E-state index >= 15 is 0 Å². The number of rotatable bonds is 13. The summed E-state index contributed by atoms with van der Waals surface area (Å²) in [5, 5.41) is 13.3. The van der Waals surface area contributed by atoms with Crippen LogP contribution in [0.3, 0.4) is 0 Å². The maximum Gasteiger partial charge on any atom is 0.325 e. The minimum Gasteiger partial charge on any atom is -0.460 e. The molecule has 16 nitrogen and oxygen atoms in total. The lowest BCUT2D eigenvalue weighted by molar-refractivity contribution is -0.157. The van der Waals surface area contributed by atoms with Gasteiger partial charge in [0.2, 0.25) is 35.4 Å². The van der Waals surface area contributed by atoms with E-state index in [9.17, 15) is 33.6 Å². The van der Waals surface area contributed by atoms with E-state index in [1.807, 2.05) is 13.8 Å². The summed E-state index contributed by atoms with van der Waals surface area (Å²) < 4.78 is 5.83. The summed E-state index contributed by atoms with van der Waals surface area (Å²) >= 11 is 0. The third kappa shape index (κ3) is 15.2. The summed E-state index contributed by atoms with van der Waals surface area (Å²) in [6.45, 7) is 6.41. The summed E-state index contributed by atoms with van der Waals surface area (Å²) in [6, 6.07) is -4.59. The number of nitrogens with one attached hydrogen (secondary N) is 5. The number of cyclic esters (lactones) is 1. The van der Waals surface area contributed by atoms with Crippen molar-refractivity contribution in [1.82, 2.24) is 36.4 Å². The zero-order chi connectivity index (χ0) is 39.7. The Labute approximate surface area is 315 Å². The third-order valence-corrected chi connectivity index (χ3v) is 9.96. The van der Waals surface area contributed by atoms with E-state index in [-0.39, 0.29) is 31.5 Å². The molecule has 53 heavy (non-hydrogen) atoms. The monoisotopic (exact) mass is 751 g/mol. The number of nitrogens with zero attached hydrogens (tertiary/aromatic N) is 2. The largest absolute Gasteiger partial charge is 0.460 e. The SMILES string of the molecule is CCCCCC[C@H]1OC(=O)CNC(=O)[C@H](CNC(=O)CN(C)C)NC(=O)[C@H](CN)NC(=O)[C@H](C2CCCCC2)NC(=O)[C@H](CC(C)C)N(C)C(=O)[C@@H]1C. The lowest BCUT2D eigenvalue weighted by atomic mass is 9.83. The summed E-state index contributed by atoms with van der Waals surface area (Å²) in [6.07, 6.45) is 7.46. The van der Waals surface area contributed by atoms with E-state index in [4.69, 9.17) is 10.5 Å². The van der Waals surface area contributed by atoms with Crippen LogP contribution in [-0.4, -0.2) is 129 Å². The van der Waals surface area contributed by atoms with Crippen molar-refractivity contribution in [3.05, 3.63) is 0 Å². The molecule has 1 heterocycles. The van der Waals surface area contributed by atoms with E-state index in [0.29, 0.717) is 32.1 Å². The van der Waals surface area contributed by atoms with Crippen molar-refractivity contribution in [2.45, 2.75) is 129 Å². The first-order valence-corrected chi connectivity index (χ1v) is 19.4. The fourth-order valence-electron chi connectivity index (χ4n) is 6.85. The van der Waals surface area contributed by atoms with Crippen LogP contribution in [0.15, 0.2) is 0 Å². The Morgan fingerprint density at radius 3 is 2.19 bits per heavy atom. The molecule has 0 spiro atoms. The Morgan fingerprint density at radius 2 is 1.58 bits per heavy atom. The summed E-state index contributed by atoms with van der Waals surface area (Å²) in [5.41, 5.74) is 5.96. The van der Waals surface area contributed by atoms with Crippen molar-refractivity contribution < 1.29 is 38.3 Å². The number of esters is 1.